The van der Waals surface area contributed by atoms with Gasteiger partial charge in [0.1, 0.15) is 11.5 Å². The third-order valence-electron chi connectivity index (χ3n) is 4.16. The minimum atomic E-state index is -6.12. The molecule has 2 aromatic rings. The Morgan fingerprint density at radius 1 is 0.583 bits per heavy atom. The van der Waals surface area contributed by atoms with Gasteiger partial charge in [-0.25, -0.2) is 8.78 Å². The summed E-state index contributed by atoms with van der Waals surface area (Å²) in [4.78, 5) is 0. The standard InChI is InChI=1S/C20H8F12N2O2/c21-15(17(23,24)25)19(29,30)35-13-3-1-9(7-33)5-11(13)12-6-10(8-34)2-4-14(12)36-20(31,32)16(22)18(26,27)28/h1-6,15-16H. The van der Waals surface area contributed by atoms with E-state index in [0.29, 0.717) is 36.4 Å². The minimum absolute atomic E-state index is 0.402. The monoisotopic (exact) mass is 536 g/mol. The van der Waals surface area contributed by atoms with Crippen molar-refractivity contribution in [2.75, 3.05) is 0 Å². The van der Waals surface area contributed by atoms with Gasteiger partial charge in [-0.1, -0.05) is 0 Å². The van der Waals surface area contributed by atoms with E-state index in [0.717, 1.165) is 0 Å². The first-order valence-electron chi connectivity index (χ1n) is 8.97. The summed E-state index contributed by atoms with van der Waals surface area (Å²) in [6, 6.07) is 6.13. The number of hydrogen-bond acceptors (Lipinski definition) is 4. The van der Waals surface area contributed by atoms with Crippen molar-refractivity contribution in [2.45, 2.75) is 36.9 Å². The fourth-order valence-corrected chi connectivity index (χ4v) is 2.58. The zero-order valence-corrected chi connectivity index (χ0v) is 16.9. The van der Waals surface area contributed by atoms with Gasteiger partial charge in [-0.05, 0) is 36.4 Å². The average Bonchev–Trinajstić information content (AvgIpc) is 2.77. The molecule has 194 valence electrons. The van der Waals surface area contributed by atoms with Gasteiger partial charge in [-0.15, -0.1) is 0 Å². The Hall–Kier alpha value is -3.82. The van der Waals surface area contributed by atoms with Gasteiger partial charge in [0.15, 0.2) is 0 Å². The SMILES string of the molecule is N#Cc1ccc(OC(F)(F)C(F)C(F)(F)F)c(-c2cc(C#N)ccc2OC(F)(F)C(F)C(F)(F)F)c1. The van der Waals surface area contributed by atoms with E-state index in [1.165, 1.54) is 12.1 Å². The molecule has 0 saturated carbocycles. The van der Waals surface area contributed by atoms with Crippen LogP contribution in [0.1, 0.15) is 11.1 Å². The van der Waals surface area contributed by atoms with Crippen molar-refractivity contribution in [3.05, 3.63) is 47.5 Å². The van der Waals surface area contributed by atoms with Gasteiger partial charge in [-0.2, -0.15) is 54.4 Å². The third kappa shape index (κ3) is 6.24. The molecule has 0 aliphatic rings. The molecule has 2 unspecified atom stereocenters. The Balaban J connectivity index is 2.72. The molecule has 0 aliphatic carbocycles. The number of nitrogens with zero attached hydrogens (tertiary/aromatic N) is 2. The van der Waals surface area contributed by atoms with E-state index in [9.17, 15) is 52.7 Å². The molecule has 0 N–H and O–H groups in total. The molecule has 0 amide bonds. The molecular weight excluding hydrogens is 528 g/mol. The van der Waals surface area contributed by atoms with Crippen LogP contribution in [-0.4, -0.2) is 36.9 Å². The average molecular weight is 536 g/mol. The van der Waals surface area contributed by atoms with Gasteiger partial charge in [0.25, 0.3) is 12.3 Å². The lowest BCUT2D eigenvalue weighted by molar-refractivity contribution is -0.306. The smallest absolute Gasteiger partial charge is 0.429 e. The van der Waals surface area contributed by atoms with E-state index >= 15 is 0 Å². The van der Waals surface area contributed by atoms with Crippen LogP contribution in [0.2, 0.25) is 0 Å². The fourth-order valence-electron chi connectivity index (χ4n) is 2.58. The summed E-state index contributed by atoms with van der Waals surface area (Å²) in [6.45, 7) is 0. The lowest BCUT2D eigenvalue weighted by atomic mass is 9.99. The van der Waals surface area contributed by atoms with Crippen LogP contribution >= 0.6 is 0 Å². The second-order valence-corrected chi connectivity index (χ2v) is 6.78. The molecule has 2 atom stereocenters. The van der Waals surface area contributed by atoms with Gasteiger partial charge in [-0.3, -0.25) is 0 Å². The predicted octanol–water partition coefficient (Wildman–Crippen LogP) is 6.84. The molecule has 0 bridgehead atoms. The lowest BCUT2D eigenvalue weighted by Gasteiger charge is -2.26. The molecule has 2 aromatic carbocycles. The quantitative estimate of drug-likeness (QED) is 0.364. The van der Waals surface area contributed by atoms with Crippen molar-refractivity contribution in [3.63, 3.8) is 0 Å². The second kappa shape index (κ2) is 9.67. The highest BCUT2D eigenvalue weighted by Crippen LogP contribution is 2.45. The number of hydrogen-bond donors (Lipinski definition) is 0. The van der Waals surface area contributed by atoms with Gasteiger partial charge < -0.3 is 9.47 Å². The maximum atomic E-state index is 13.9. The van der Waals surface area contributed by atoms with E-state index in [-0.39, 0.29) is 0 Å². The molecule has 0 fully saturated rings. The first-order chi connectivity index (χ1) is 16.3. The molecule has 36 heavy (non-hydrogen) atoms. The molecular formula is C20H8F12N2O2. The molecule has 0 aliphatic heterocycles. The largest absolute Gasteiger partial charge is 0.439 e. The predicted molar refractivity (Wildman–Crippen MR) is 94.4 cm³/mol. The molecule has 0 saturated heterocycles. The Kier molecular flexibility index (Phi) is 7.64. The molecule has 0 spiro atoms. The van der Waals surface area contributed by atoms with Crippen molar-refractivity contribution < 1.29 is 62.2 Å². The van der Waals surface area contributed by atoms with Crippen LogP contribution in [0.15, 0.2) is 36.4 Å². The van der Waals surface area contributed by atoms with Crippen molar-refractivity contribution in [3.8, 4) is 34.8 Å². The van der Waals surface area contributed by atoms with Crippen LogP contribution in [0.25, 0.3) is 11.1 Å². The molecule has 0 aromatic heterocycles. The second-order valence-electron chi connectivity index (χ2n) is 6.78. The molecule has 0 radical (unpaired) electrons. The van der Waals surface area contributed by atoms with E-state index in [2.05, 4.69) is 9.47 Å². The van der Waals surface area contributed by atoms with Gasteiger partial charge >= 0.3 is 24.6 Å². The number of benzene rings is 2. The summed E-state index contributed by atoms with van der Waals surface area (Å²) in [7, 11) is 0. The molecule has 16 heteroatoms. The number of alkyl halides is 12. The van der Waals surface area contributed by atoms with Crippen molar-refractivity contribution >= 4 is 0 Å². The van der Waals surface area contributed by atoms with Gasteiger partial charge in [0.2, 0.25) is 0 Å². The molecule has 4 nitrogen and oxygen atoms in total. The highest BCUT2D eigenvalue weighted by molar-refractivity contribution is 5.78. The minimum Gasteiger partial charge on any atom is -0.429 e. The zero-order chi connectivity index (χ0) is 27.7. The number of ether oxygens (including phenoxy) is 2. The zero-order valence-electron chi connectivity index (χ0n) is 16.9. The Morgan fingerprint density at radius 3 is 1.14 bits per heavy atom. The van der Waals surface area contributed by atoms with E-state index in [1.807, 2.05) is 0 Å². The summed E-state index contributed by atoms with van der Waals surface area (Å²) in [6.07, 6.45) is -33.3. The highest BCUT2D eigenvalue weighted by atomic mass is 19.4. The Morgan fingerprint density at radius 2 is 0.889 bits per heavy atom. The van der Waals surface area contributed by atoms with Crippen LogP contribution in [-0.2, 0) is 0 Å². The maximum Gasteiger partial charge on any atom is 0.439 e. The van der Waals surface area contributed by atoms with Crippen molar-refractivity contribution in [1.82, 2.24) is 0 Å². The highest BCUT2D eigenvalue weighted by Gasteiger charge is 2.60. The summed E-state index contributed by atoms with van der Waals surface area (Å²) in [5.41, 5.74) is -2.97. The first-order valence-corrected chi connectivity index (χ1v) is 8.97. The Labute approximate surface area is 192 Å². The number of rotatable bonds is 7. The van der Waals surface area contributed by atoms with Gasteiger partial charge in [0.05, 0.1) is 23.3 Å². The summed E-state index contributed by atoms with van der Waals surface area (Å²) in [5.74, 6) is -2.77. The van der Waals surface area contributed by atoms with Crippen LogP contribution in [0.4, 0.5) is 52.7 Å². The van der Waals surface area contributed by atoms with Crippen molar-refractivity contribution in [2.24, 2.45) is 0 Å². The van der Waals surface area contributed by atoms with E-state index in [4.69, 9.17) is 10.5 Å². The fraction of sp³-hybridized carbons (Fsp3) is 0.300. The van der Waals surface area contributed by atoms with Crippen LogP contribution in [0, 0.1) is 22.7 Å². The van der Waals surface area contributed by atoms with Crippen LogP contribution in [0.3, 0.4) is 0 Å². The summed E-state index contributed by atoms with van der Waals surface area (Å²) >= 11 is 0. The van der Waals surface area contributed by atoms with Crippen molar-refractivity contribution in [1.29, 1.82) is 10.5 Å². The van der Waals surface area contributed by atoms with E-state index in [1.54, 1.807) is 0 Å². The van der Waals surface area contributed by atoms with Crippen LogP contribution < -0.4 is 9.47 Å². The maximum absolute atomic E-state index is 13.9. The normalized spacial score (nSPS) is 14.4. The molecule has 2 rings (SSSR count). The first kappa shape index (κ1) is 28.4. The summed E-state index contributed by atoms with van der Waals surface area (Å²) in [5, 5.41) is 18.0. The molecule has 0 heterocycles. The van der Waals surface area contributed by atoms with Crippen LogP contribution in [0.5, 0.6) is 11.5 Å². The lowest BCUT2D eigenvalue weighted by Crippen LogP contribution is -2.46. The number of nitriles is 2. The number of halogens is 12. The Bertz CT molecular complexity index is 1100. The van der Waals surface area contributed by atoms with E-state index < -0.39 is 70.7 Å². The van der Waals surface area contributed by atoms with Gasteiger partial charge in [0, 0.05) is 11.1 Å². The third-order valence-corrected chi connectivity index (χ3v) is 4.16. The summed E-state index contributed by atoms with van der Waals surface area (Å²) < 4.78 is 165. The topological polar surface area (TPSA) is 66.0 Å².